The maximum Gasteiger partial charge on any atom is 0.327 e. The van der Waals surface area contributed by atoms with Crippen LogP contribution in [0.25, 0.3) is 0 Å². The minimum absolute atomic E-state index is 0.134. The number of anilines is 1. The second-order valence-electron chi connectivity index (χ2n) is 2.32. The molecular formula is C6H9N3OS. The van der Waals surface area contributed by atoms with Crippen LogP contribution >= 0.6 is 11.3 Å². The summed E-state index contributed by atoms with van der Waals surface area (Å²) in [4.78, 5) is 10.8. The molecule has 5 heteroatoms. The van der Waals surface area contributed by atoms with Gasteiger partial charge in [0, 0.05) is 0 Å². The summed E-state index contributed by atoms with van der Waals surface area (Å²) in [6.07, 6.45) is 0. The first-order valence-electron chi connectivity index (χ1n) is 3.07. The standard InChI is InChI=1S/C6H9N3OS/c1-4(2)3-9-6(10)11-5(7)8-9/h1,3H2,2H3,(H2,7,8). The molecule has 2 N–H and O–H groups in total. The molecule has 0 radical (unpaired) electrons. The third kappa shape index (κ3) is 1.91. The fourth-order valence-corrected chi connectivity index (χ4v) is 1.21. The summed E-state index contributed by atoms with van der Waals surface area (Å²) in [7, 11) is 0. The lowest BCUT2D eigenvalue weighted by Gasteiger charge is -1.95. The van der Waals surface area contributed by atoms with Gasteiger partial charge in [-0.1, -0.05) is 12.2 Å². The summed E-state index contributed by atoms with van der Waals surface area (Å²) < 4.78 is 1.31. The smallest absolute Gasteiger partial charge is 0.327 e. The minimum Gasteiger partial charge on any atom is -0.374 e. The van der Waals surface area contributed by atoms with Crippen molar-refractivity contribution in [2.45, 2.75) is 13.5 Å². The van der Waals surface area contributed by atoms with Crippen LogP contribution in [0.15, 0.2) is 16.9 Å². The third-order valence-corrected chi connectivity index (χ3v) is 1.72. The van der Waals surface area contributed by atoms with Crippen LogP contribution < -0.4 is 10.6 Å². The Balaban J connectivity index is 2.95. The van der Waals surface area contributed by atoms with Gasteiger partial charge in [0.2, 0.25) is 5.13 Å². The predicted octanol–water partition coefficient (Wildman–Crippen LogP) is 0.463. The molecule has 0 amide bonds. The van der Waals surface area contributed by atoms with Gasteiger partial charge in [0.05, 0.1) is 6.54 Å². The van der Waals surface area contributed by atoms with Crippen LogP contribution in [-0.2, 0) is 6.54 Å². The molecular weight excluding hydrogens is 162 g/mol. The van der Waals surface area contributed by atoms with Gasteiger partial charge in [-0.3, -0.25) is 4.79 Å². The molecule has 4 nitrogen and oxygen atoms in total. The van der Waals surface area contributed by atoms with E-state index in [1.165, 1.54) is 4.68 Å². The molecule has 11 heavy (non-hydrogen) atoms. The van der Waals surface area contributed by atoms with Gasteiger partial charge in [0.15, 0.2) is 0 Å². The summed E-state index contributed by atoms with van der Waals surface area (Å²) in [5, 5.41) is 4.09. The Labute approximate surface area is 68.0 Å². The van der Waals surface area contributed by atoms with Crippen molar-refractivity contribution >= 4 is 16.5 Å². The van der Waals surface area contributed by atoms with E-state index in [4.69, 9.17) is 5.73 Å². The van der Waals surface area contributed by atoms with Gasteiger partial charge in [-0.2, -0.15) is 0 Å². The third-order valence-electron chi connectivity index (χ3n) is 1.04. The molecule has 1 rings (SSSR count). The van der Waals surface area contributed by atoms with Crippen molar-refractivity contribution in [3.8, 4) is 0 Å². The average Bonchev–Trinajstić information content (AvgIpc) is 2.09. The quantitative estimate of drug-likeness (QED) is 0.658. The first-order chi connectivity index (χ1) is 5.09. The van der Waals surface area contributed by atoms with E-state index in [9.17, 15) is 4.79 Å². The normalized spacial score (nSPS) is 9.91. The molecule has 0 unspecified atom stereocenters. The summed E-state index contributed by atoms with van der Waals surface area (Å²) in [5.74, 6) is 0. The lowest BCUT2D eigenvalue weighted by molar-refractivity contribution is 0.662. The van der Waals surface area contributed by atoms with Crippen molar-refractivity contribution in [2.24, 2.45) is 0 Å². The Bertz CT molecular complexity index is 325. The lowest BCUT2D eigenvalue weighted by atomic mass is 10.4. The second kappa shape index (κ2) is 2.87. The molecule has 0 saturated carbocycles. The minimum atomic E-state index is -0.134. The van der Waals surface area contributed by atoms with Crippen LogP contribution in [0.1, 0.15) is 6.92 Å². The number of nitrogens with zero attached hydrogens (tertiary/aromatic N) is 2. The molecule has 0 bridgehead atoms. The number of aromatic nitrogens is 2. The fourth-order valence-electron chi connectivity index (χ4n) is 0.678. The molecule has 0 aliphatic rings. The maximum atomic E-state index is 11.0. The molecule has 1 heterocycles. The molecule has 60 valence electrons. The van der Waals surface area contributed by atoms with Gasteiger partial charge >= 0.3 is 4.87 Å². The zero-order valence-corrected chi connectivity index (χ0v) is 7.02. The van der Waals surface area contributed by atoms with Crippen molar-refractivity contribution in [1.29, 1.82) is 0 Å². The highest BCUT2D eigenvalue weighted by Gasteiger charge is 2.01. The summed E-state index contributed by atoms with van der Waals surface area (Å²) >= 11 is 0.944. The molecule has 0 saturated heterocycles. The van der Waals surface area contributed by atoms with Gasteiger partial charge in [-0.05, 0) is 18.3 Å². The maximum absolute atomic E-state index is 11.0. The van der Waals surface area contributed by atoms with Gasteiger partial charge in [-0.25, -0.2) is 4.68 Å². The number of allylic oxidation sites excluding steroid dienone is 1. The van der Waals surface area contributed by atoms with E-state index in [2.05, 4.69) is 11.7 Å². The molecule has 0 fully saturated rings. The van der Waals surface area contributed by atoms with Crippen LogP contribution in [0.5, 0.6) is 0 Å². The van der Waals surface area contributed by atoms with Crippen molar-refractivity contribution in [2.75, 3.05) is 5.73 Å². The summed E-state index contributed by atoms with van der Waals surface area (Å²) in [5.41, 5.74) is 6.20. The van der Waals surface area contributed by atoms with Crippen LogP contribution in [0.3, 0.4) is 0 Å². The Morgan fingerprint density at radius 1 is 1.91 bits per heavy atom. The Hall–Kier alpha value is -1.10. The molecule has 0 atom stereocenters. The monoisotopic (exact) mass is 171 g/mol. The first-order valence-corrected chi connectivity index (χ1v) is 3.89. The number of hydrogen-bond acceptors (Lipinski definition) is 4. The topological polar surface area (TPSA) is 60.9 Å². The van der Waals surface area contributed by atoms with Crippen molar-refractivity contribution in [3.05, 3.63) is 21.8 Å². The Morgan fingerprint density at radius 2 is 2.55 bits per heavy atom. The molecule has 0 aliphatic carbocycles. The van der Waals surface area contributed by atoms with Gasteiger partial charge in [0.25, 0.3) is 0 Å². The predicted molar refractivity (Wildman–Crippen MR) is 45.6 cm³/mol. The highest BCUT2D eigenvalue weighted by molar-refractivity contribution is 7.12. The van der Waals surface area contributed by atoms with Crippen molar-refractivity contribution in [1.82, 2.24) is 9.78 Å². The van der Waals surface area contributed by atoms with Crippen LogP contribution in [0.4, 0.5) is 5.13 Å². The number of rotatable bonds is 2. The van der Waals surface area contributed by atoms with Gasteiger partial charge in [-0.15, -0.1) is 5.10 Å². The lowest BCUT2D eigenvalue weighted by Crippen LogP contribution is -2.14. The van der Waals surface area contributed by atoms with E-state index >= 15 is 0 Å². The van der Waals surface area contributed by atoms with E-state index in [1.54, 1.807) is 0 Å². The Morgan fingerprint density at radius 3 is 2.91 bits per heavy atom. The first kappa shape index (κ1) is 8.00. The van der Waals surface area contributed by atoms with E-state index in [1.807, 2.05) is 6.92 Å². The van der Waals surface area contributed by atoms with Crippen LogP contribution in [0, 0.1) is 0 Å². The van der Waals surface area contributed by atoms with Crippen molar-refractivity contribution < 1.29 is 0 Å². The highest BCUT2D eigenvalue weighted by Crippen LogP contribution is 2.00. The summed E-state index contributed by atoms with van der Waals surface area (Å²) in [6.45, 7) is 5.95. The van der Waals surface area contributed by atoms with E-state index in [0.717, 1.165) is 16.9 Å². The summed E-state index contributed by atoms with van der Waals surface area (Å²) in [6, 6.07) is 0. The number of hydrogen-bond donors (Lipinski definition) is 1. The SMILES string of the molecule is C=C(C)Cn1nc(N)sc1=O. The molecule has 0 aliphatic heterocycles. The van der Waals surface area contributed by atoms with E-state index in [0.29, 0.717) is 11.7 Å². The zero-order valence-electron chi connectivity index (χ0n) is 6.20. The Kier molecular flexibility index (Phi) is 2.09. The highest BCUT2D eigenvalue weighted by atomic mass is 32.1. The number of nitrogens with two attached hydrogens (primary N) is 1. The van der Waals surface area contributed by atoms with Gasteiger partial charge < -0.3 is 5.73 Å². The van der Waals surface area contributed by atoms with E-state index in [-0.39, 0.29) is 4.87 Å². The van der Waals surface area contributed by atoms with Crippen LogP contribution in [0.2, 0.25) is 0 Å². The fraction of sp³-hybridized carbons (Fsp3) is 0.333. The second-order valence-corrected chi connectivity index (χ2v) is 3.29. The number of nitrogen functional groups attached to an aromatic ring is 1. The molecule has 0 spiro atoms. The van der Waals surface area contributed by atoms with Crippen molar-refractivity contribution in [3.63, 3.8) is 0 Å². The molecule has 1 aromatic heterocycles. The largest absolute Gasteiger partial charge is 0.374 e. The van der Waals surface area contributed by atoms with E-state index < -0.39 is 0 Å². The van der Waals surface area contributed by atoms with Gasteiger partial charge in [0.1, 0.15) is 0 Å². The average molecular weight is 171 g/mol. The van der Waals surface area contributed by atoms with Crippen LogP contribution in [-0.4, -0.2) is 9.78 Å². The zero-order chi connectivity index (χ0) is 8.43. The molecule has 0 aromatic carbocycles. The molecule has 1 aromatic rings.